The minimum absolute atomic E-state index is 0.235. The maximum Gasteiger partial charge on any atom is 0.257 e. The number of carbonyl (C=O) groups excluding carboxylic acids is 1. The van der Waals surface area contributed by atoms with Crippen molar-refractivity contribution in [3.05, 3.63) is 46.1 Å². The summed E-state index contributed by atoms with van der Waals surface area (Å²) in [5.41, 5.74) is 2.15. The Bertz CT molecular complexity index is 687. The number of carbonyl (C=O) groups is 1. The maximum atomic E-state index is 12.1. The van der Waals surface area contributed by atoms with Crippen LogP contribution < -0.4 is 10.6 Å². The summed E-state index contributed by atoms with van der Waals surface area (Å²) in [7, 11) is 0. The fourth-order valence-corrected chi connectivity index (χ4v) is 3.38. The number of amides is 1. The second-order valence-corrected chi connectivity index (χ2v) is 5.55. The minimum Gasteiger partial charge on any atom is -0.312 e. The van der Waals surface area contributed by atoms with Crippen LogP contribution in [0.4, 0.5) is 5.00 Å². The van der Waals surface area contributed by atoms with Crippen LogP contribution in [0.2, 0.25) is 0 Å². The van der Waals surface area contributed by atoms with Crippen LogP contribution in [-0.2, 0) is 13.0 Å². The highest BCUT2D eigenvalue weighted by atomic mass is 32.1. The van der Waals surface area contributed by atoms with Crippen molar-refractivity contribution in [1.82, 2.24) is 10.3 Å². The first-order valence-electron chi connectivity index (χ1n) is 6.26. The summed E-state index contributed by atoms with van der Waals surface area (Å²) in [5, 5.41) is 16.0. The zero-order valence-corrected chi connectivity index (χ0v) is 11.5. The molecule has 3 rings (SSSR count). The molecule has 0 fully saturated rings. The molecule has 0 bridgehead atoms. The Labute approximate surface area is 120 Å². The average Bonchev–Trinajstić information content (AvgIpc) is 2.85. The van der Waals surface area contributed by atoms with E-state index in [2.05, 4.69) is 21.7 Å². The molecule has 0 unspecified atom stereocenters. The summed E-state index contributed by atoms with van der Waals surface area (Å²) >= 11 is 1.47. The number of hydrogen-bond donors (Lipinski definition) is 2. The molecule has 0 saturated carbocycles. The Hall–Kier alpha value is -2.23. The van der Waals surface area contributed by atoms with Gasteiger partial charge in [-0.05, 0) is 30.7 Å². The normalized spacial score (nSPS) is 13.3. The number of nitrogens with zero attached hydrogens (tertiary/aromatic N) is 2. The lowest BCUT2D eigenvalue weighted by Gasteiger charge is -2.11. The van der Waals surface area contributed by atoms with Crippen LogP contribution in [0.1, 0.15) is 26.4 Å². The molecule has 0 spiro atoms. The van der Waals surface area contributed by atoms with E-state index in [-0.39, 0.29) is 5.91 Å². The molecule has 3 heterocycles. The molecular weight excluding hydrogens is 272 g/mol. The summed E-state index contributed by atoms with van der Waals surface area (Å²) in [4.78, 5) is 17.2. The molecular formula is C14H12N4OS. The Morgan fingerprint density at radius 2 is 2.45 bits per heavy atom. The SMILES string of the molecule is N#Cc1c(NC(=O)c2cccnc2)sc2c1CCNC2. The van der Waals surface area contributed by atoms with E-state index in [1.165, 1.54) is 17.5 Å². The van der Waals surface area contributed by atoms with E-state index in [0.29, 0.717) is 16.1 Å². The molecule has 0 aromatic carbocycles. The van der Waals surface area contributed by atoms with E-state index in [1.54, 1.807) is 18.3 Å². The Balaban J connectivity index is 1.90. The van der Waals surface area contributed by atoms with Crippen molar-refractivity contribution in [3.63, 3.8) is 0 Å². The molecule has 2 N–H and O–H groups in total. The van der Waals surface area contributed by atoms with Gasteiger partial charge in [-0.25, -0.2) is 0 Å². The lowest BCUT2D eigenvalue weighted by atomic mass is 10.1. The molecule has 1 aliphatic heterocycles. The van der Waals surface area contributed by atoms with Gasteiger partial charge in [0.05, 0.1) is 11.1 Å². The monoisotopic (exact) mass is 284 g/mol. The first-order valence-corrected chi connectivity index (χ1v) is 7.08. The highest BCUT2D eigenvalue weighted by Crippen LogP contribution is 2.34. The summed E-state index contributed by atoms with van der Waals surface area (Å²) in [6, 6.07) is 5.62. The molecule has 2 aromatic heterocycles. The van der Waals surface area contributed by atoms with Gasteiger partial charge in [0.1, 0.15) is 11.1 Å². The molecule has 5 nitrogen and oxygen atoms in total. The van der Waals surface area contributed by atoms with Gasteiger partial charge >= 0.3 is 0 Å². The second-order valence-electron chi connectivity index (χ2n) is 4.44. The topological polar surface area (TPSA) is 77.8 Å². The van der Waals surface area contributed by atoms with Gasteiger partial charge in [-0.1, -0.05) is 0 Å². The number of thiophene rings is 1. The maximum absolute atomic E-state index is 12.1. The number of fused-ring (bicyclic) bond motifs is 1. The van der Waals surface area contributed by atoms with Crippen molar-refractivity contribution >= 4 is 22.2 Å². The Kier molecular flexibility index (Phi) is 3.46. The lowest BCUT2D eigenvalue weighted by molar-refractivity contribution is 0.102. The third-order valence-electron chi connectivity index (χ3n) is 3.19. The lowest BCUT2D eigenvalue weighted by Crippen LogP contribution is -2.22. The first kappa shape index (κ1) is 12.8. The number of aromatic nitrogens is 1. The second kappa shape index (κ2) is 5.41. The van der Waals surface area contributed by atoms with E-state index in [0.717, 1.165) is 30.0 Å². The van der Waals surface area contributed by atoms with Crippen molar-refractivity contribution in [2.24, 2.45) is 0 Å². The number of nitrogens with one attached hydrogen (secondary N) is 2. The van der Waals surface area contributed by atoms with E-state index in [9.17, 15) is 10.1 Å². The standard InChI is InChI=1S/C14H12N4OS/c15-6-11-10-3-5-17-8-12(10)20-14(11)18-13(19)9-2-1-4-16-7-9/h1-2,4,7,17H,3,5,8H2,(H,18,19). The highest BCUT2D eigenvalue weighted by molar-refractivity contribution is 7.16. The fraction of sp³-hybridized carbons (Fsp3) is 0.214. The number of hydrogen-bond acceptors (Lipinski definition) is 5. The third kappa shape index (κ3) is 2.29. The van der Waals surface area contributed by atoms with Crippen LogP contribution >= 0.6 is 11.3 Å². The van der Waals surface area contributed by atoms with Gasteiger partial charge in [-0.2, -0.15) is 5.26 Å². The molecule has 0 radical (unpaired) electrons. The van der Waals surface area contributed by atoms with Crippen molar-refractivity contribution in [2.75, 3.05) is 11.9 Å². The van der Waals surface area contributed by atoms with Crippen LogP contribution in [0.5, 0.6) is 0 Å². The Morgan fingerprint density at radius 3 is 3.20 bits per heavy atom. The average molecular weight is 284 g/mol. The van der Waals surface area contributed by atoms with Gasteiger partial charge in [-0.3, -0.25) is 9.78 Å². The van der Waals surface area contributed by atoms with Crippen molar-refractivity contribution in [1.29, 1.82) is 5.26 Å². The predicted octanol–water partition coefficient (Wildman–Crippen LogP) is 1.91. The number of pyridine rings is 1. The summed E-state index contributed by atoms with van der Waals surface area (Å²) in [5.74, 6) is -0.235. The van der Waals surface area contributed by atoms with E-state index in [4.69, 9.17) is 0 Å². The Morgan fingerprint density at radius 1 is 1.55 bits per heavy atom. The summed E-state index contributed by atoms with van der Waals surface area (Å²) in [6.45, 7) is 1.63. The van der Waals surface area contributed by atoms with Crippen LogP contribution in [0.15, 0.2) is 24.5 Å². The van der Waals surface area contributed by atoms with Crippen molar-refractivity contribution < 1.29 is 4.79 Å². The molecule has 0 atom stereocenters. The fourth-order valence-electron chi connectivity index (χ4n) is 2.21. The summed E-state index contributed by atoms with van der Waals surface area (Å²) in [6.07, 6.45) is 3.96. The molecule has 0 saturated heterocycles. The zero-order valence-electron chi connectivity index (χ0n) is 10.6. The van der Waals surface area contributed by atoms with Gasteiger partial charge < -0.3 is 10.6 Å². The molecule has 20 heavy (non-hydrogen) atoms. The van der Waals surface area contributed by atoms with Crippen LogP contribution in [-0.4, -0.2) is 17.4 Å². The highest BCUT2D eigenvalue weighted by Gasteiger charge is 2.21. The van der Waals surface area contributed by atoms with Crippen molar-refractivity contribution in [2.45, 2.75) is 13.0 Å². The molecule has 2 aromatic rings. The molecule has 0 aliphatic carbocycles. The third-order valence-corrected chi connectivity index (χ3v) is 4.34. The van der Waals surface area contributed by atoms with E-state index >= 15 is 0 Å². The predicted molar refractivity (Wildman–Crippen MR) is 76.6 cm³/mol. The van der Waals surface area contributed by atoms with Crippen LogP contribution in [0, 0.1) is 11.3 Å². The number of rotatable bonds is 2. The largest absolute Gasteiger partial charge is 0.312 e. The molecule has 100 valence electrons. The number of anilines is 1. The molecule has 6 heteroatoms. The van der Waals surface area contributed by atoms with Gasteiger partial charge in [-0.15, -0.1) is 11.3 Å². The van der Waals surface area contributed by atoms with Crippen LogP contribution in [0.3, 0.4) is 0 Å². The quantitative estimate of drug-likeness (QED) is 0.883. The number of nitriles is 1. The van der Waals surface area contributed by atoms with E-state index in [1.807, 2.05) is 0 Å². The van der Waals surface area contributed by atoms with Gasteiger partial charge in [0.15, 0.2) is 0 Å². The summed E-state index contributed by atoms with van der Waals surface area (Å²) < 4.78 is 0. The van der Waals surface area contributed by atoms with E-state index < -0.39 is 0 Å². The smallest absolute Gasteiger partial charge is 0.257 e. The zero-order chi connectivity index (χ0) is 13.9. The molecule has 1 amide bonds. The van der Waals surface area contributed by atoms with Crippen molar-refractivity contribution in [3.8, 4) is 6.07 Å². The first-order chi connectivity index (χ1) is 9.79. The molecule has 1 aliphatic rings. The minimum atomic E-state index is -0.235. The van der Waals surface area contributed by atoms with Gasteiger partial charge in [0, 0.05) is 23.8 Å². The van der Waals surface area contributed by atoms with Gasteiger partial charge in [0.25, 0.3) is 5.91 Å². The van der Waals surface area contributed by atoms with Gasteiger partial charge in [0.2, 0.25) is 0 Å². The van der Waals surface area contributed by atoms with Crippen LogP contribution in [0.25, 0.3) is 0 Å².